The molecule has 0 amide bonds. The van der Waals surface area contributed by atoms with Gasteiger partial charge in [-0.1, -0.05) is 52.8 Å². The van der Waals surface area contributed by atoms with Crippen LogP contribution in [0.3, 0.4) is 0 Å². The van der Waals surface area contributed by atoms with Crippen molar-refractivity contribution in [1.82, 2.24) is 5.48 Å². The summed E-state index contributed by atoms with van der Waals surface area (Å²) >= 11 is 0. The van der Waals surface area contributed by atoms with Crippen LogP contribution in [0.2, 0.25) is 17.1 Å². The Morgan fingerprint density at radius 2 is 1.76 bits per heavy atom. The normalized spacial score (nSPS) is 14.4. The van der Waals surface area contributed by atoms with E-state index in [1.807, 2.05) is 34.6 Å². The van der Waals surface area contributed by atoms with Gasteiger partial charge in [0.05, 0.1) is 12.2 Å². The quantitative estimate of drug-likeness (QED) is 0.341. The molecule has 0 fully saturated rings. The number of halogens is 1. The Morgan fingerprint density at radius 3 is 2.21 bits per heavy atom. The number of carbonyl (C=O) groups is 2. The van der Waals surface area contributed by atoms with E-state index in [0.29, 0.717) is 5.56 Å². The van der Waals surface area contributed by atoms with E-state index in [-0.39, 0.29) is 17.2 Å². The average Bonchev–Trinajstić information content (AvgIpc) is 2.66. The highest BCUT2D eigenvalue weighted by Gasteiger charge is 2.47. The Hall–Kier alpha value is -1.81. The monoisotopic (exact) mass is 429 g/mol. The number of rotatable bonds is 12. The summed E-state index contributed by atoms with van der Waals surface area (Å²) < 4.78 is 20.0. The number of hydrogen-bond acceptors (Lipinski definition) is 5. The number of benzene rings is 1. The molecule has 0 saturated heterocycles. The largest absolute Gasteiger partial charge is 0.480 e. The van der Waals surface area contributed by atoms with Gasteiger partial charge in [0, 0.05) is 0 Å². The van der Waals surface area contributed by atoms with Gasteiger partial charge in [-0.25, -0.2) is 9.18 Å². The van der Waals surface area contributed by atoms with E-state index in [9.17, 15) is 24.2 Å². The molecule has 1 aromatic rings. The summed E-state index contributed by atoms with van der Waals surface area (Å²) in [6.07, 6.45) is -1.21. The lowest BCUT2D eigenvalue weighted by Gasteiger charge is -2.44. The summed E-state index contributed by atoms with van der Waals surface area (Å²) in [6, 6.07) is 6.25. The molecule has 0 aromatic heterocycles. The van der Waals surface area contributed by atoms with Crippen LogP contribution in [0.4, 0.5) is 4.39 Å². The van der Waals surface area contributed by atoms with Gasteiger partial charge < -0.3 is 14.6 Å². The Kier molecular flexibility index (Phi) is 9.41. The summed E-state index contributed by atoms with van der Waals surface area (Å²) in [4.78, 5) is 28.3. The molecule has 0 bridgehead atoms. The molecule has 0 radical (unpaired) electrons. The van der Waals surface area contributed by atoms with Crippen LogP contribution in [-0.4, -0.2) is 49.3 Å². The molecule has 29 heavy (non-hydrogen) atoms. The highest BCUT2D eigenvalue weighted by Crippen LogP contribution is 2.43. The van der Waals surface area contributed by atoms with Crippen molar-refractivity contribution in [2.75, 3.05) is 6.67 Å². The van der Waals surface area contributed by atoms with E-state index in [2.05, 4.69) is 5.48 Å². The maximum atomic E-state index is 13.8. The minimum absolute atomic E-state index is 0.0515. The van der Waals surface area contributed by atoms with Crippen molar-refractivity contribution in [3.63, 3.8) is 0 Å². The fourth-order valence-electron chi connectivity index (χ4n) is 3.48. The number of carboxylic acids is 2. The highest BCUT2D eigenvalue weighted by atomic mass is 28.4. The van der Waals surface area contributed by atoms with Crippen molar-refractivity contribution >= 4 is 20.3 Å². The number of nitrogens with one attached hydrogen (secondary N) is 1. The smallest absolute Gasteiger partial charge is 0.336 e. The van der Waals surface area contributed by atoms with E-state index >= 15 is 0 Å². The molecule has 0 unspecified atom stereocenters. The van der Waals surface area contributed by atoms with Crippen LogP contribution >= 0.6 is 0 Å². The van der Waals surface area contributed by atoms with E-state index < -0.39 is 39.1 Å². The van der Waals surface area contributed by atoms with E-state index in [4.69, 9.17) is 9.26 Å². The first-order valence-corrected chi connectivity index (χ1v) is 12.0. The summed E-state index contributed by atoms with van der Waals surface area (Å²) in [5.41, 5.74) is 2.79. The molecule has 0 aliphatic carbocycles. The molecule has 164 valence electrons. The standard InChI is InChI=1S/C20H32FNO6Si/c1-6-29(7-2,20(3,4)5)28-16(12-21)17(19(25)26)22-27-13-14-10-8-9-11-15(14)18(23)24/h8-11,16-17,22H,6-7,12-13H2,1-5H3,(H,23,24)(H,25,26)/t16-,17+/m1/s1. The van der Waals surface area contributed by atoms with Gasteiger partial charge in [0.2, 0.25) is 0 Å². The Bertz CT molecular complexity index is 690. The van der Waals surface area contributed by atoms with Gasteiger partial charge in [-0.05, 0) is 28.8 Å². The van der Waals surface area contributed by atoms with Crippen LogP contribution in [-0.2, 0) is 20.7 Å². The summed E-state index contributed by atoms with van der Waals surface area (Å²) in [5.74, 6) is -2.42. The second-order valence-corrected chi connectivity index (χ2v) is 13.1. The van der Waals surface area contributed by atoms with Crippen molar-refractivity contribution in [2.45, 2.75) is 70.5 Å². The maximum absolute atomic E-state index is 13.8. The lowest BCUT2D eigenvalue weighted by atomic mass is 10.1. The maximum Gasteiger partial charge on any atom is 0.336 e. The molecule has 7 nitrogen and oxygen atoms in total. The highest BCUT2D eigenvalue weighted by molar-refractivity contribution is 6.76. The fraction of sp³-hybridized carbons (Fsp3) is 0.600. The Labute approximate surface area is 172 Å². The third-order valence-electron chi connectivity index (χ3n) is 5.36. The predicted octanol–water partition coefficient (Wildman–Crippen LogP) is 4.00. The fourth-order valence-corrected chi connectivity index (χ4v) is 7.57. The van der Waals surface area contributed by atoms with E-state index in [1.165, 1.54) is 6.07 Å². The molecule has 0 aliphatic heterocycles. The van der Waals surface area contributed by atoms with Gasteiger partial charge >= 0.3 is 11.9 Å². The first kappa shape index (κ1) is 25.2. The molecule has 1 rings (SSSR count). The molecule has 1 aromatic carbocycles. The van der Waals surface area contributed by atoms with Crippen LogP contribution in [0.25, 0.3) is 0 Å². The third-order valence-corrected chi connectivity index (χ3v) is 11.1. The minimum Gasteiger partial charge on any atom is -0.480 e. The van der Waals surface area contributed by atoms with Crippen LogP contribution in [0, 0.1) is 0 Å². The number of aromatic carboxylic acids is 1. The second-order valence-electron chi connectivity index (χ2n) is 7.95. The molecule has 0 saturated carbocycles. The average molecular weight is 430 g/mol. The topological polar surface area (TPSA) is 105 Å². The van der Waals surface area contributed by atoms with Crippen molar-refractivity contribution < 1.29 is 33.5 Å². The number of hydrogen-bond donors (Lipinski definition) is 3. The van der Waals surface area contributed by atoms with Crippen LogP contribution in [0.5, 0.6) is 0 Å². The molecule has 3 N–H and O–H groups in total. The molecule has 0 spiro atoms. The zero-order valence-electron chi connectivity index (χ0n) is 17.7. The van der Waals surface area contributed by atoms with Crippen LogP contribution < -0.4 is 5.48 Å². The molecular formula is C20H32FNO6Si. The van der Waals surface area contributed by atoms with E-state index in [1.54, 1.807) is 18.2 Å². The lowest BCUT2D eigenvalue weighted by molar-refractivity contribution is -0.149. The van der Waals surface area contributed by atoms with Crippen molar-refractivity contribution in [1.29, 1.82) is 0 Å². The van der Waals surface area contributed by atoms with Gasteiger partial charge in [-0.2, -0.15) is 5.48 Å². The molecule has 2 atom stereocenters. The SMILES string of the molecule is CC[Si](CC)(O[C@H](CF)[C@H](NOCc1ccccc1C(=O)O)C(=O)O)C(C)(C)C. The van der Waals surface area contributed by atoms with Gasteiger partial charge in [-0.3, -0.25) is 9.63 Å². The number of alkyl halides is 1. The third kappa shape index (κ3) is 6.33. The first-order valence-electron chi connectivity index (χ1n) is 9.68. The zero-order valence-corrected chi connectivity index (χ0v) is 18.7. The predicted molar refractivity (Wildman–Crippen MR) is 110 cm³/mol. The van der Waals surface area contributed by atoms with Crippen molar-refractivity contribution in [2.24, 2.45) is 0 Å². The van der Waals surface area contributed by atoms with Crippen molar-refractivity contribution in [3.8, 4) is 0 Å². The van der Waals surface area contributed by atoms with Gasteiger partial charge in [0.1, 0.15) is 12.8 Å². The summed E-state index contributed by atoms with van der Waals surface area (Å²) in [7, 11) is -2.44. The van der Waals surface area contributed by atoms with Gasteiger partial charge in [0.15, 0.2) is 14.4 Å². The van der Waals surface area contributed by atoms with E-state index in [0.717, 1.165) is 12.1 Å². The second kappa shape index (κ2) is 10.8. The molecule has 9 heteroatoms. The number of carboxylic acid groups (broad SMARTS) is 2. The Morgan fingerprint density at radius 1 is 1.17 bits per heavy atom. The number of hydroxylamine groups is 1. The zero-order chi connectivity index (χ0) is 22.2. The lowest BCUT2D eigenvalue weighted by Crippen LogP contribution is -2.56. The molecule has 0 aliphatic rings. The minimum atomic E-state index is -2.44. The summed E-state index contributed by atoms with van der Waals surface area (Å²) in [5, 5.41) is 18.6. The summed E-state index contributed by atoms with van der Waals surface area (Å²) in [6.45, 7) is 8.90. The van der Waals surface area contributed by atoms with Crippen LogP contribution in [0.15, 0.2) is 24.3 Å². The molecular weight excluding hydrogens is 397 g/mol. The van der Waals surface area contributed by atoms with Gasteiger partial charge in [-0.15, -0.1) is 0 Å². The molecule has 0 heterocycles. The first-order chi connectivity index (χ1) is 13.5. The van der Waals surface area contributed by atoms with Gasteiger partial charge in [0.25, 0.3) is 0 Å². The Balaban J connectivity index is 2.95. The van der Waals surface area contributed by atoms with Crippen molar-refractivity contribution in [3.05, 3.63) is 35.4 Å². The van der Waals surface area contributed by atoms with Crippen LogP contribution in [0.1, 0.15) is 50.5 Å². The number of aliphatic carboxylic acids is 1.